The van der Waals surface area contributed by atoms with Gasteiger partial charge in [-0.05, 0) is 10.6 Å². The first kappa shape index (κ1) is 28.5. The van der Waals surface area contributed by atoms with Crippen LogP contribution in [0.3, 0.4) is 0 Å². The predicted molar refractivity (Wildman–Crippen MR) is 150 cm³/mol. The largest absolute Gasteiger partial charge is 0.398 e. The van der Waals surface area contributed by atoms with Gasteiger partial charge >= 0.3 is 0 Å². The number of nitrogens with one attached hydrogen (secondary N) is 2. The van der Waals surface area contributed by atoms with Gasteiger partial charge in [0.25, 0.3) is 5.91 Å². The summed E-state index contributed by atoms with van der Waals surface area (Å²) in [5.41, 5.74) is 1.10. The van der Waals surface area contributed by atoms with Gasteiger partial charge in [-0.15, -0.1) is 22.9 Å². The molecule has 2 N–H and O–H groups in total. The van der Waals surface area contributed by atoms with E-state index in [1.54, 1.807) is 5.38 Å². The van der Waals surface area contributed by atoms with Gasteiger partial charge in [-0.3, -0.25) is 14.4 Å². The Balaban J connectivity index is 1.87. The highest BCUT2D eigenvalue weighted by Gasteiger charge is 2.57. The summed E-state index contributed by atoms with van der Waals surface area (Å²) < 4.78 is 1.95. The molecular weight excluding hydrogens is 530 g/mol. The first-order valence-corrected chi connectivity index (χ1v) is 16.1. The van der Waals surface area contributed by atoms with Crippen LogP contribution in [0.2, 0.25) is 18.1 Å². The SMILES string of the molecule is CON=C(C(=O)NC1C(=O)N([Si](C)(C)C(C)(C)C)C1C=Cc1ccccc1)c1csc(NC(=O)CCl)n1. The van der Waals surface area contributed by atoms with Gasteiger partial charge in [0.2, 0.25) is 11.8 Å². The number of amides is 3. The molecule has 1 aliphatic heterocycles. The Hall–Kier alpha value is -3.02. The van der Waals surface area contributed by atoms with Crippen molar-refractivity contribution in [3.8, 4) is 0 Å². The lowest BCUT2D eigenvalue weighted by molar-refractivity contribution is -0.143. The van der Waals surface area contributed by atoms with E-state index in [-0.39, 0.29) is 39.4 Å². The second-order valence-corrected chi connectivity index (χ2v) is 16.3. The van der Waals surface area contributed by atoms with E-state index in [0.717, 1.165) is 16.9 Å². The molecule has 2 heterocycles. The molecule has 37 heavy (non-hydrogen) atoms. The highest BCUT2D eigenvalue weighted by atomic mass is 35.5. The van der Waals surface area contributed by atoms with E-state index in [9.17, 15) is 14.4 Å². The van der Waals surface area contributed by atoms with Crippen molar-refractivity contribution in [2.45, 2.75) is 51.0 Å². The first-order valence-electron chi connectivity index (χ1n) is 11.7. The number of aromatic nitrogens is 1. The van der Waals surface area contributed by atoms with Crippen molar-refractivity contribution < 1.29 is 19.2 Å². The number of alkyl halides is 1. The van der Waals surface area contributed by atoms with E-state index in [2.05, 4.69) is 54.6 Å². The predicted octanol–water partition coefficient (Wildman–Crippen LogP) is 4.09. The monoisotopic (exact) mass is 561 g/mol. The Morgan fingerprint density at radius 3 is 2.54 bits per heavy atom. The molecule has 2 aromatic rings. The van der Waals surface area contributed by atoms with Gasteiger partial charge in [0.1, 0.15) is 24.7 Å². The van der Waals surface area contributed by atoms with Crippen molar-refractivity contribution in [2.75, 3.05) is 18.3 Å². The lowest BCUT2D eigenvalue weighted by atomic mass is 9.97. The Morgan fingerprint density at radius 1 is 1.27 bits per heavy atom. The molecule has 2 atom stereocenters. The summed E-state index contributed by atoms with van der Waals surface area (Å²) >= 11 is 6.65. The third kappa shape index (κ3) is 6.28. The van der Waals surface area contributed by atoms with Crippen molar-refractivity contribution in [3.63, 3.8) is 0 Å². The van der Waals surface area contributed by atoms with E-state index in [1.807, 2.05) is 47.0 Å². The van der Waals surface area contributed by atoms with Crippen molar-refractivity contribution in [1.82, 2.24) is 14.9 Å². The number of hydrogen-bond acceptors (Lipinski definition) is 7. The third-order valence-electron chi connectivity index (χ3n) is 6.67. The summed E-state index contributed by atoms with van der Waals surface area (Å²) in [5.74, 6) is -1.38. The summed E-state index contributed by atoms with van der Waals surface area (Å²) in [6, 6.07) is 8.70. The summed E-state index contributed by atoms with van der Waals surface area (Å²) in [6.07, 6.45) is 3.94. The summed E-state index contributed by atoms with van der Waals surface area (Å²) in [6.45, 7) is 10.7. The van der Waals surface area contributed by atoms with Crippen LogP contribution in [0.25, 0.3) is 6.08 Å². The second-order valence-electron chi connectivity index (χ2n) is 10.1. The molecule has 0 aliphatic carbocycles. The van der Waals surface area contributed by atoms with Gasteiger partial charge in [0.05, 0.1) is 6.04 Å². The number of thiazole rings is 1. The van der Waals surface area contributed by atoms with E-state index in [0.29, 0.717) is 0 Å². The third-order valence-corrected chi connectivity index (χ3v) is 13.1. The molecule has 1 aliphatic rings. The molecule has 1 fully saturated rings. The van der Waals surface area contributed by atoms with Crippen LogP contribution >= 0.6 is 22.9 Å². The summed E-state index contributed by atoms with van der Waals surface area (Å²) in [4.78, 5) is 47.5. The minimum Gasteiger partial charge on any atom is -0.398 e. The Kier molecular flexibility index (Phi) is 8.93. The van der Waals surface area contributed by atoms with Crippen molar-refractivity contribution in [2.24, 2.45) is 5.16 Å². The molecule has 1 saturated heterocycles. The van der Waals surface area contributed by atoms with Crippen LogP contribution < -0.4 is 10.6 Å². The highest BCUT2D eigenvalue weighted by Crippen LogP contribution is 2.43. The second kappa shape index (κ2) is 11.6. The van der Waals surface area contributed by atoms with Crippen LogP contribution in [-0.4, -0.2) is 66.3 Å². The molecule has 198 valence electrons. The number of β-lactam (4-membered cyclic amide) rings is 1. The standard InChI is InChI=1S/C25H32ClN5O4SSi/c1-25(2,3)37(5,6)31-18(13-12-16-10-8-7-9-11-16)21(23(31)34)29-22(33)20(30-35-4)17-15-36-24(27-17)28-19(32)14-26/h7-13,15,18,21H,14H2,1-6H3,(H,29,33)(H,27,28,32). The number of rotatable bonds is 9. The number of hydrogen-bond donors (Lipinski definition) is 2. The molecule has 2 unspecified atom stereocenters. The van der Waals surface area contributed by atoms with Crippen molar-refractivity contribution >= 4 is 65.8 Å². The minimum absolute atomic E-state index is 0.0798. The summed E-state index contributed by atoms with van der Waals surface area (Å²) in [7, 11) is -0.922. The molecule has 9 nitrogen and oxygen atoms in total. The number of benzene rings is 1. The van der Waals surface area contributed by atoms with Crippen molar-refractivity contribution in [3.05, 3.63) is 53.0 Å². The topological polar surface area (TPSA) is 113 Å². The molecule has 0 radical (unpaired) electrons. The van der Waals surface area contributed by atoms with E-state index < -0.39 is 26.1 Å². The van der Waals surface area contributed by atoms with Crippen LogP contribution in [-0.2, 0) is 19.2 Å². The van der Waals surface area contributed by atoms with Gasteiger partial charge in [-0.2, -0.15) is 0 Å². The zero-order chi connectivity index (χ0) is 27.4. The normalized spacial score (nSPS) is 18.5. The zero-order valence-corrected chi connectivity index (χ0v) is 24.3. The average Bonchev–Trinajstić information content (AvgIpc) is 3.30. The molecule has 0 saturated carbocycles. The molecule has 3 amide bonds. The van der Waals surface area contributed by atoms with Gasteiger partial charge in [0, 0.05) is 5.38 Å². The van der Waals surface area contributed by atoms with Crippen molar-refractivity contribution in [1.29, 1.82) is 0 Å². The van der Waals surface area contributed by atoms with E-state index in [4.69, 9.17) is 16.4 Å². The number of carbonyl (C=O) groups excluding carboxylic acids is 3. The lowest BCUT2D eigenvalue weighted by Crippen LogP contribution is -2.78. The molecule has 0 bridgehead atoms. The van der Waals surface area contributed by atoms with Gasteiger partial charge in [-0.25, -0.2) is 4.98 Å². The number of anilines is 1. The zero-order valence-electron chi connectivity index (χ0n) is 21.7. The quantitative estimate of drug-likeness (QED) is 0.157. The molecule has 1 aromatic heterocycles. The van der Waals surface area contributed by atoms with Gasteiger partial charge in [0.15, 0.2) is 19.1 Å². The van der Waals surface area contributed by atoms with E-state index >= 15 is 0 Å². The van der Waals surface area contributed by atoms with Gasteiger partial charge < -0.3 is 20.0 Å². The van der Waals surface area contributed by atoms with Crippen LogP contribution in [0.5, 0.6) is 0 Å². The maximum Gasteiger partial charge on any atom is 0.276 e. The van der Waals surface area contributed by atoms with Gasteiger partial charge in [-0.1, -0.05) is 81.5 Å². The molecule has 0 spiro atoms. The molecule has 12 heteroatoms. The fourth-order valence-corrected chi connectivity index (χ4v) is 6.91. The maximum absolute atomic E-state index is 13.5. The average molecular weight is 562 g/mol. The molecular formula is C25H32ClN5O4SSi. The Bertz CT molecular complexity index is 1210. The van der Waals surface area contributed by atoms with Crippen LogP contribution in [0.15, 0.2) is 46.9 Å². The van der Waals surface area contributed by atoms with Crippen LogP contribution in [0.4, 0.5) is 5.13 Å². The Morgan fingerprint density at radius 2 is 1.95 bits per heavy atom. The smallest absolute Gasteiger partial charge is 0.276 e. The van der Waals surface area contributed by atoms with Crippen LogP contribution in [0, 0.1) is 0 Å². The first-order chi connectivity index (χ1) is 17.4. The van der Waals surface area contributed by atoms with Crippen LogP contribution in [0.1, 0.15) is 32.0 Å². The Labute approximate surface area is 227 Å². The molecule has 3 rings (SSSR count). The lowest BCUT2D eigenvalue weighted by Gasteiger charge is -2.57. The number of oxime groups is 1. The van der Waals surface area contributed by atoms with E-state index in [1.165, 1.54) is 7.11 Å². The molecule has 1 aromatic carbocycles. The maximum atomic E-state index is 13.5. The number of carbonyl (C=O) groups is 3. The number of nitrogens with zero attached hydrogens (tertiary/aromatic N) is 3. The fraction of sp³-hybridized carbons (Fsp3) is 0.400. The fourth-order valence-electron chi connectivity index (χ4n) is 3.74. The number of halogens is 1. The minimum atomic E-state index is -2.24. The highest BCUT2D eigenvalue weighted by molar-refractivity contribution is 7.14. The summed E-state index contributed by atoms with van der Waals surface area (Å²) in [5, 5.41) is 11.0.